The van der Waals surface area contributed by atoms with Crippen molar-refractivity contribution in [2.75, 3.05) is 0 Å². The standard InChI is InChI=1S/C24H15Cl2NO2/c1-2-18-19-8-6-16(15-5-3-4-14(10-15)13-27)11-22(19)29-24(18)23(28)20-9-7-17(25)12-21(20)26/h3-12H,2H2,1H3. The summed E-state index contributed by atoms with van der Waals surface area (Å²) in [6.07, 6.45) is 0.641. The Morgan fingerprint density at radius 3 is 2.55 bits per heavy atom. The minimum absolute atomic E-state index is 0.271. The Bertz CT molecular complexity index is 1300. The molecule has 0 saturated carbocycles. The number of nitrogens with zero attached hydrogens (tertiary/aromatic N) is 1. The number of carbonyl (C=O) groups is 1. The van der Waals surface area contributed by atoms with E-state index in [9.17, 15) is 4.79 Å². The molecular weight excluding hydrogens is 405 g/mol. The fourth-order valence-corrected chi connectivity index (χ4v) is 3.92. The minimum Gasteiger partial charge on any atom is -0.452 e. The maximum atomic E-state index is 13.1. The van der Waals surface area contributed by atoms with Crippen LogP contribution in [0.3, 0.4) is 0 Å². The molecule has 3 aromatic carbocycles. The number of furan rings is 1. The van der Waals surface area contributed by atoms with Crippen molar-refractivity contribution in [1.82, 2.24) is 0 Å². The van der Waals surface area contributed by atoms with E-state index in [0.717, 1.165) is 22.1 Å². The summed E-state index contributed by atoms with van der Waals surface area (Å²) in [5.74, 6) is 0.0161. The van der Waals surface area contributed by atoms with Crippen LogP contribution in [0.5, 0.6) is 0 Å². The van der Waals surface area contributed by atoms with E-state index < -0.39 is 0 Å². The average molecular weight is 420 g/mol. The molecule has 0 spiro atoms. The van der Waals surface area contributed by atoms with Crippen LogP contribution in [0.25, 0.3) is 22.1 Å². The lowest BCUT2D eigenvalue weighted by atomic mass is 9.99. The van der Waals surface area contributed by atoms with Crippen LogP contribution in [-0.4, -0.2) is 5.78 Å². The van der Waals surface area contributed by atoms with Crippen molar-refractivity contribution >= 4 is 40.0 Å². The number of aryl methyl sites for hydroxylation is 1. The number of halogens is 2. The molecule has 0 aliphatic carbocycles. The Morgan fingerprint density at radius 2 is 1.83 bits per heavy atom. The van der Waals surface area contributed by atoms with Crippen molar-refractivity contribution in [2.45, 2.75) is 13.3 Å². The lowest BCUT2D eigenvalue weighted by molar-refractivity contribution is 0.101. The van der Waals surface area contributed by atoms with Gasteiger partial charge in [0.05, 0.1) is 16.7 Å². The molecule has 0 aliphatic rings. The molecule has 3 nitrogen and oxygen atoms in total. The number of hydrogen-bond acceptors (Lipinski definition) is 3. The van der Waals surface area contributed by atoms with Gasteiger partial charge in [-0.15, -0.1) is 0 Å². The van der Waals surface area contributed by atoms with Gasteiger partial charge in [0.25, 0.3) is 0 Å². The normalized spacial score (nSPS) is 10.8. The van der Waals surface area contributed by atoms with Gasteiger partial charge < -0.3 is 4.42 Å². The second kappa shape index (κ2) is 7.75. The maximum absolute atomic E-state index is 13.1. The third-order valence-electron chi connectivity index (χ3n) is 4.85. The van der Waals surface area contributed by atoms with Crippen LogP contribution in [0.15, 0.2) is 65.1 Å². The van der Waals surface area contributed by atoms with Crippen LogP contribution in [0.1, 0.15) is 34.2 Å². The predicted octanol–water partition coefficient (Wildman–Crippen LogP) is 7.07. The number of carbonyl (C=O) groups excluding carboxylic acids is 1. The molecule has 5 heteroatoms. The van der Waals surface area contributed by atoms with Crippen LogP contribution < -0.4 is 0 Å². The van der Waals surface area contributed by atoms with Gasteiger partial charge in [-0.1, -0.05) is 54.4 Å². The summed E-state index contributed by atoms with van der Waals surface area (Å²) in [5, 5.41) is 10.8. The highest BCUT2D eigenvalue weighted by atomic mass is 35.5. The van der Waals surface area contributed by atoms with Crippen molar-refractivity contribution in [2.24, 2.45) is 0 Å². The van der Waals surface area contributed by atoms with E-state index in [0.29, 0.717) is 33.2 Å². The molecule has 29 heavy (non-hydrogen) atoms. The van der Waals surface area contributed by atoms with E-state index in [1.54, 1.807) is 24.3 Å². The van der Waals surface area contributed by atoms with Crippen LogP contribution in [-0.2, 0) is 6.42 Å². The maximum Gasteiger partial charge on any atom is 0.230 e. The first-order chi connectivity index (χ1) is 14.0. The number of rotatable bonds is 4. The van der Waals surface area contributed by atoms with Crippen LogP contribution in [0.2, 0.25) is 10.0 Å². The van der Waals surface area contributed by atoms with Crippen molar-refractivity contribution in [3.63, 3.8) is 0 Å². The van der Waals surface area contributed by atoms with Gasteiger partial charge in [-0.05, 0) is 53.9 Å². The van der Waals surface area contributed by atoms with Gasteiger partial charge in [-0.2, -0.15) is 5.26 Å². The molecule has 0 bridgehead atoms. The van der Waals surface area contributed by atoms with Crippen LogP contribution in [0.4, 0.5) is 0 Å². The van der Waals surface area contributed by atoms with Gasteiger partial charge in [0.1, 0.15) is 5.58 Å². The highest BCUT2D eigenvalue weighted by molar-refractivity contribution is 6.37. The fraction of sp³-hybridized carbons (Fsp3) is 0.0833. The zero-order valence-corrected chi connectivity index (χ0v) is 17.0. The Kier molecular flexibility index (Phi) is 5.15. The van der Waals surface area contributed by atoms with Gasteiger partial charge in [0.2, 0.25) is 5.78 Å². The van der Waals surface area contributed by atoms with Gasteiger partial charge >= 0.3 is 0 Å². The summed E-state index contributed by atoms with van der Waals surface area (Å²) in [6, 6.07) is 20.1. The molecule has 1 heterocycles. The molecule has 1 aromatic heterocycles. The quantitative estimate of drug-likeness (QED) is 0.332. The number of ketones is 1. The van der Waals surface area contributed by atoms with E-state index in [4.69, 9.17) is 32.9 Å². The number of hydrogen-bond donors (Lipinski definition) is 0. The zero-order chi connectivity index (χ0) is 20.5. The smallest absolute Gasteiger partial charge is 0.230 e. The predicted molar refractivity (Wildman–Crippen MR) is 116 cm³/mol. The largest absolute Gasteiger partial charge is 0.452 e. The number of benzene rings is 3. The SMILES string of the molecule is CCc1c(C(=O)c2ccc(Cl)cc2Cl)oc2cc(-c3cccc(C#N)c3)ccc12. The van der Waals surface area contributed by atoms with Crippen molar-refractivity contribution in [3.05, 3.63) is 93.2 Å². The first-order valence-corrected chi connectivity index (χ1v) is 9.83. The van der Waals surface area contributed by atoms with E-state index in [2.05, 4.69) is 6.07 Å². The second-order valence-corrected chi connectivity index (χ2v) is 7.46. The molecule has 0 amide bonds. The summed E-state index contributed by atoms with van der Waals surface area (Å²) in [4.78, 5) is 13.1. The van der Waals surface area contributed by atoms with Crippen molar-refractivity contribution in [3.8, 4) is 17.2 Å². The molecule has 0 saturated heterocycles. The third kappa shape index (κ3) is 3.53. The van der Waals surface area contributed by atoms with Gasteiger partial charge in [-0.25, -0.2) is 0 Å². The summed E-state index contributed by atoms with van der Waals surface area (Å²) in [7, 11) is 0. The minimum atomic E-state index is -0.271. The topological polar surface area (TPSA) is 54.0 Å². The van der Waals surface area contributed by atoms with E-state index in [1.807, 2.05) is 43.3 Å². The molecule has 0 fully saturated rings. The molecule has 4 rings (SSSR count). The summed E-state index contributed by atoms with van der Waals surface area (Å²) < 4.78 is 6.00. The first kappa shape index (κ1) is 19.3. The zero-order valence-electron chi connectivity index (χ0n) is 15.5. The number of nitriles is 1. The highest BCUT2D eigenvalue weighted by Crippen LogP contribution is 2.33. The monoisotopic (exact) mass is 419 g/mol. The van der Waals surface area contributed by atoms with E-state index in [1.165, 1.54) is 0 Å². The first-order valence-electron chi connectivity index (χ1n) is 9.07. The molecular formula is C24H15Cl2NO2. The Labute approximate surface area is 178 Å². The average Bonchev–Trinajstić information content (AvgIpc) is 3.11. The van der Waals surface area contributed by atoms with Crippen molar-refractivity contribution < 1.29 is 9.21 Å². The Hall–Kier alpha value is -3.06. The molecule has 142 valence electrons. The van der Waals surface area contributed by atoms with Gasteiger partial charge in [-0.3, -0.25) is 4.79 Å². The van der Waals surface area contributed by atoms with Gasteiger partial charge in [0, 0.05) is 21.5 Å². The highest BCUT2D eigenvalue weighted by Gasteiger charge is 2.23. The Balaban J connectivity index is 1.83. The number of fused-ring (bicyclic) bond motifs is 1. The summed E-state index contributed by atoms with van der Waals surface area (Å²) >= 11 is 12.2. The summed E-state index contributed by atoms with van der Waals surface area (Å²) in [6.45, 7) is 1.98. The van der Waals surface area contributed by atoms with E-state index >= 15 is 0 Å². The lowest BCUT2D eigenvalue weighted by Crippen LogP contribution is -2.03. The summed E-state index contributed by atoms with van der Waals surface area (Å²) in [5.41, 5.74) is 4.23. The molecule has 0 unspecified atom stereocenters. The second-order valence-electron chi connectivity index (χ2n) is 6.62. The van der Waals surface area contributed by atoms with Crippen LogP contribution in [0, 0.1) is 11.3 Å². The molecule has 0 N–H and O–H groups in total. The van der Waals surface area contributed by atoms with E-state index in [-0.39, 0.29) is 11.5 Å². The lowest BCUT2D eigenvalue weighted by Gasteiger charge is -2.03. The molecule has 0 radical (unpaired) electrons. The Morgan fingerprint density at radius 1 is 1.03 bits per heavy atom. The molecule has 0 atom stereocenters. The van der Waals surface area contributed by atoms with Crippen LogP contribution >= 0.6 is 23.2 Å². The van der Waals surface area contributed by atoms with Gasteiger partial charge in [0.15, 0.2) is 5.76 Å². The molecule has 4 aromatic rings. The van der Waals surface area contributed by atoms with Crippen molar-refractivity contribution in [1.29, 1.82) is 5.26 Å². The third-order valence-corrected chi connectivity index (χ3v) is 5.40. The fourth-order valence-electron chi connectivity index (χ4n) is 3.43. The molecule has 0 aliphatic heterocycles.